The summed E-state index contributed by atoms with van der Waals surface area (Å²) in [5.41, 5.74) is 0.969. The van der Waals surface area contributed by atoms with E-state index in [1.807, 2.05) is 23.9 Å². The average molecular weight is 302 g/mol. The summed E-state index contributed by atoms with van der Waals surface area (Å²) in [5.74, 6) is 2.07. The number of nitrogens with zero attached hydrogens (tertiary/aromatic N) is 2. The predicted octanol–water partition coefficient (Wildman–Crippen LogP) is 3.42. The van der Waals surface area contributed by atoms with Gasteiger partial charge in [-0.05, 0) is 39.2 Å². The molecule has 5 heteroatoms. The molecule has 0 spiro atoms. The molecule has 19 heavy (non-hydrogen) atoms. The first-order valence-corrected chi connectivity index (χ1v) is 8.21. The van der Waals surface area contributed by atoms with Gasteiger partial charge in [-0.1, -0.05) is 11.6 Å². The maximum absolute atomic E-state index is 6.21. The van der Waals surface area contributed by atoms with Gasteiger partial charge < -0.3 is 10.2 Å². The minimum absolute atomic E-state index is 0.0613. The van der Waals surface area contributed by atoms with Crippen molar-refractivity contribution in [2.45, 2.75) is 32.9 Å². The minimum atomic E-state index is 0.0613. The van der Waals surface area contributed by atoms with Gasteiger partial charge in [0.15, 0.2) is 0 Å². The van der Waals surface area contributed by atoms with Gasteiger partial charge in [-0.15, -0.1) is 0 Å². The van der Waals surface area contributed by atoms with Gasteiger partial charge in [0, 0.05) is 31.4 Å². The lowest BCUT2D eigenvalue weighted by atomic mass is 10.1. The van der Waals surface area contributed by atoms with Gasteiger partial charge in [0.1, 0.15) is 5.82 Å². The fourth-order valence-electron chi connectivity index (χ4n) is 1.50. The van der Waals surface area contributed by atoms with Crippen LogP contribution in [0.2, 0.25) is 5.02 Å². The van der Waals surface area contributed by atoms with E-state index in [2.05, 4.69) is 49.3 Å². The molecule has 3 nitrogen and oxygen atoms in total. The van der Waals surface area contributed by atoms with E-state index in [0.717, 1.165) is 28.8 Å². The summed E-state index contributed by atoms with van der Waals surface area (Å²) >= 11 is 8.05. The second kappa shape index (κ2) is 7.36. The molecule has 0 bridgehead atoms. The Morgan fingerprint density at radius 1 is 1.37 bits per heavy atom. The molecule has 0 aliphatic heterocycles. The zero-order chi connectivity index (χ0) is 14.5. The molecule has 0 fully saturated rings. The molecule has 0 saturated heterocycles. The smallest absolute Gasteiger partial charge is 0.128 e. The van der Waals surface area contributed by atoms with Gasteiger partial charge in [-0.3, -0.25) is 0 Å². The van der Waals surface area contributed by atoms with Gasteiger partial charge in [0.05, 0.1) is 10.7 Å². The fraction of sp³-hybridized carbons (Fsp3) is 0.643. The van der Waals surface area contributed by atoms with Gasteiger partial charge >= 0.3 is 0 Å². The number of anilines is 1. The minimum Gasteiger partial charge on any atom is -0.359 e. The Labute approximate surface area is 126 Å². The molecular formula is C14H24ClN3S. The Kier molecular flexibility index (Phi) is 6.43. The van der Waals surface area contributed by atoms with Crippen molar-refractivity contribution in [3.8, 4) is 0 Å². The van der Waals surface area contributed by atoms with E-state index in [1.54, 1.807) is 0 Å². The first-order chi connectivity index (χ1) is 8.83. The number of hydrogen-bond acceptors (Lipinski definition) is 4. The Hall–Kier alpha value is -0.450. The number of rotatable bonds is 6. The monoisotopic (exact) mass is 301 g/mol. The van der Waals surface area contributed by atoms with Crippen LogP contribution >= 0.6 is 23.4 Å². The van der Waals surface area contributed by atoms with E-state index in [4.69, 9.17) is 11.6 Å². The Morgan fingerprint density at radius 3 is 2.63 bits per heavy atom. The van der Waals surface area contributed by atoms with Crippen LogP contribution in [-0.4, -0.2) is 36.1 Å². The summed E-state index contributed by atoms with van der Waals surface area (Å²) in [5, 5.41) is 4.14. The SMILES string of the molecule is CSCCN(C)c1ccc(Cl)c(CNC(C)(C)C)n1. The molecule has 1 heterocycles. The molecule has 108 valence electrons. The zero-order valence-corrected chi connectivity index (χ0v) is 14.0. The van der Waals surface area contributed by atoms with Gasteiger partial charge in [-0.25, -0.2) is 4.98 Å². The first kappa shape index (κ1) is 16.6. The second-order valence-corrected chi connectivity index (χ2v) is 7.01. The van der Waals surface area contributed by atoms with Crippen molar-refractivity contribution in [2.75, 3.05) is 30.5 Å². The van der Waals surface area contributed by atoms with Crippen molar-refractivity contribution in [3.05, 3.63) is 22.8 Å². The molecule has 0 aromatic carbocycles. The molecule has 0 unspecified atom stereocenters. The molecule has 0 atom stereocenters. The van der Waals surface area contributed by atoms with Crippen molar-refractivity contribution in [3.63, 3.8) is 0 Å². The van der Waals surface area contributed by atoms with E-state index >= 15 is 0 Å². The van der Waals surface area contributed by atoms with Crippen molar-refractivity contribution >= 4 is 29.2 Å². The number of pyridine rings is 1. The van der Waals surface area contributed by atoms with Crippen molar-refractivity contribution in [1.82, 2.24) is 10.3 Å². The number of aromatic nitrogens is 1. The van der Waals surface area contributed by atoms with Crippen LogP contribution in [0, 0.1) is 0 Å². The Balaban J connectivity index is 2.76. The average Bonchev–Trinajstić information content (AvgIpc) is 2.34. The van der Waals surface area contributed by atoms with Crippen molar-refractivity contribution in [2.24, 2.45) is 0 Å². The molecule has 0 aliphatic rings. The highest BCUT2D eigenvalue weighted by molar-refractivity contribution is 7.98. The van der Waals surface area contributed by atoms with E-state index in [1.165, 1.54) is 0 Å². The van der Waals surface area contributed by atoms with Gasteiger partial charge in [0.2, 0.25) is 0 Å². The highest BCUT2D eigenvalue weighted by atomic mass is 35.5. The summed E-state index contributed by atoms with van der Waals surface area (Å²) in [4.78, 5) is 6.81. The summed E-state index contributed by atoms with van der Waals surface area (Å²) in [6, 6.07) is 3.91. The van der Waals surface area contributed by atoms with Crippen LogP contribution < -0.4 is 10.2 Å². The highest BCUT2D eigenvalue weighted by Gasteiger charge is 2.12. The number of hydrogen-bond donors (Lipinski definition) is 1. The fourth-order valence-corrected chi connectivity index (χ4v) is 2.13. The first-order valence-electron chi connectivity index (χ1n) is 6.44. The lowest BCUT2D eigenvalue weighted by Crippen LogP contribution is -2.35. The number of nitrogens with one attached hydrogen (secondary N) is 1. The summed E-state index contributed by atoms with van der Waals surface area (Å²) in [6.45, 7) is 8.08. The predicted molar refractivity (Wildman–Crippen MR) is 87.5 cm³/mol. The third-order valence-electron chi connectivity index (χ3n) is 2.71. The second-order valence-electron chi connectivity index (χ2n) is 5.62. The van der Waals surface area contributed by atoms with Gasteiger partial charge in [-0.2, -0.15) is 11.8 Å². The molecule has 0 saturated carbocycles. The number of thioether (sulfide) groups is 1. The van der Waals surface area contributed by atoms with E-state index in [0.29, 0.717) is 6.54 Å². The van der Waals surface area contributed by atoms with Crippen LogP contribution in [0.5, 0.6) is 0 Å². The third-order valence-corrected chi connectivity index (χ3v) is 3.65. The summed E-state index contributed by atoms with van der Waals surface area (Å²) < 4.78 is 0. The molecule has 1 rings (SSSR count). The maximum Gasteiger partial charge on any atom is 0.128 e. The molecule has 1 N–H and O–H groups in total. The van der Waals surface area contributed by atoms with Crippen LogP contribution in [-0.2, 0) is 6.54 Å². The standard InChI is InChI=1S/C14H24ClN3S/c1-14(2,3)16-10-12-11(15)6-7-13(17-12)18(4)8-9-19-5/h6-7,16H,8-10H2,1-5H3. The van der Waals surface area contributed by atoms with E-state index in [-0.39, 0.29) is 5.54 Å². The lowest BCUT2D eigenvalue weighted by molar-refractivity contribution is 0.421. The molecule has 0 aliphatic carbocycles. The molecule has 0 radical (unpaired) electrons. The molecule has 1 aromatic rings. The summed E-state index contributed by atoms with van der Waals surface area (Å²) in [6.07, 6.45) is 2.11. The number of halogens is 1. The van der Waals surface area contributed by atoms with Crippen molar-refractivity contribution < 1.29 is 0 Å². The maximum atomic E-state index is 6.21. The zero-order valence-electron chi connectivity index (χ0n) is 12.5. The van der Waals surface area contributed by atoms with Crippen LogP contribution in [0.3, 0.4) is 0 Å². The Bertz CT molecular complexity index is 404. The normalized spacial score (nSPS) is 11.7. The van der Waals surface area contributed by atoms with Crippen LogP contribution in [0.15, 0.2) is 12.1 Å². The van der Waals surface area contributed by atoms with E-state index < -0.39 is 0 Å². The molecular weight excluding hydrogens is 278 g/mol. The molecule has 0 amide bonds. The largest absolute Gasteiger partial charge is 0.359 e. The Morgan fingerprint density at radius 2 is 2.05 bits per heavy atom. The summed E-state index contributed by atoms with van der Waals surface area (Å²) in [7, 11) is 2.06. The van der Waals surface area contributed by atoms with Gasteiger partial charge in [0.25, 0.3) is 0 Å². The third kappa shape index (κ3) is 6.02. The lowest BCUT2D eigenvalue weighted by Gasteiger charge is -2.22. The van der Waals surface area contributed by atoms with Crippen LogP contribution in [0.1, 0.15) is 26.5 Å². The van der Waals surface area contributed by atoms with Crippen LogP contribution in [0.25, 0.3) is 0 Å². The highest BCUT2D eigenvalue weighted by Crippen LogP contribution is 2.19. The van der Waals surface area contributed by atoms with Crippen molar-refractivity contribution in [1.29, 1.82) is 0 Å². The van der Waals surface area contributed by atoms with E-state index in [9.17, 15) is 0 Å². The molecule has 1 aromatic heterocycles. The quantitative estimate of drug-likeness (QED) is 0.871. The topological polar surface area (TPSA) is 28.2 Å². The van der Waals surface area contributed by atoms with Crippen LogP contribution in [0.4, 0.5) is 5.82 Å².